The molecule has 0 N–H and O–H groups in total. The van der Waals surface area contributed by atoms with Crippen LogP contribution in [0.2, 0.25) is 10.0 Å². The van der Waals surface area contributed by atoms with Gasteiger partial charge in [0.1, 0.15) is 10.0 Å². The van der Waals surface area contributed by atoms with Crippen LogP contribution in [0.15, 0.2) is 12.7 Å². The van der Waals surface area contributed by atoms with Crippen molar-refractivity contribution in [3.63, 3.8) is 0 Å². The Kier molecular flexibility index (Phi) is 3.83. The maximum absolute atomic E-state index is 13.2. The van der Waals surface area contributed by atoms with E-state index < -0.39 is 39.2 Å². The Morgan fingerprint density at radius 3 is 1.94 bits per heavy atom. The molecule has 0 aliphatic carbocycles. The predicted octanol–water partition coefficient (Wildman–Crippen LogP) is 3.50. The first-order valence-corrected chi connectivity index (χ1v) is 4.51. The summed E-state index contributed by atoms with van der Waals surface area (Å²) in [5.74, 6) is -6.85. The van der Waals surface area contributed by atoms with Gasteiger partial charge < -0.3 is 4.74 Å². The molecule has 7 heteroatoms. The summed E-state index contributed by atoms with van der Waals surface area (Å²) in [6.45, 7) is 3.02. The van der Waals surface area contributed by atoms with Crippen LogP contribution in [-0.2, 0) is 4.79 Å². The van der Waals surface area contributed by atoms with E-state index in [0.717, 1.165) is 0 Å². The number of hydrogen-bond acceptors (Lipinski definition) is 2. The molecule has 1 rings (SSSR count). The van der Waals surface area contributed by atoms with Crippen LogP contribution < -0.4 is 4.74 Å². The molecule has 0 spiro atoms. The van der Waals surface area contributed by atoms with E-state index in [4.69, 9.17) is 23.2 Å². The van der Waals surface area contributed by atoms with Gasteiger partial charge in [0.05, 0.1) is 0 Å². The van der Waals surface area contributed by atoms with Crippen LogP contribution in [0.4, 0.5) is 13.2 Å². The molecule has 0 atom stereocenters. The summed E-state index contributed by atoms with van der Waals surface area (Å²) in [6.07, 6.45) is 0.671. The van der Waals surface area contributed by atoms with E-state index in [-0.39, 0.29) is 0 Å². The number of rotatable bonds is 2. The van der Waals surface area contributed by atoms with Gasteiger partial charge in [-0.25, -0.2) is 18.0 Å². The highest BCUT2D eigenvalue weighted by Crippen LogP contribution is 2.36. The third-order valence-electron chi connectivity index (χ3n) is 1.54. The van der Waals surface area contributed by atoms with Gasteiger partial charge in [-0.2, -0.15) is 0 Å². The number of ether oxygens (including phenoxy) is 1. The van der Waals surface area contributed by atoms with Crippen LogP contribution in [0.1, 0.15) is 0 Å². The molecule has 1 aromatic carbocycles. The second-order valence-corrected chi connectivity index (χ2v) is 3.28. The first-order chi connectivity index (χ1) is 7.40. The van der Waals surface area contributed by atoms with Crippen molar-refractivity contribution >= 4 is 29.2 Å². The molecule has 0 heterocycles. The summed E-state index contributed by atoms with van der Waals surface area (Å²) in [7, 11) is 0. The molecule has 0 bridgehead atoms. The highest BCUT2D eigenvalue weighted by atomic mass is 35.5. The summed E-state index contributed by atoms with van der Waals surface area (Å²) >= 11 is 10.3. The smallest absolute Gasteiger partial charge is 0.335 e. The van der Waals surface area contributed by atoms with E-state index >= 15 is 0 Å². The maximum atomic E-state index is 13.2. The van der Waals surface area contributed by atoms with E-state index in [9.17, 15) is 18.0 Å². The maximum Gasteiger partial charge on any atom is 0.335 e. The average molecular weight is 271 g/mol. The third-order valence-corrected chi connectivity index (χ3v) is 2.20. The van der Waals surface area contributed by atoms with Crippen LogP contribution in [0.5, 0.6) is 5.75 Å². The van der Waals surface area contributed by atoms with Crippen molar-refractivity contribution in [2.75, 3.05) is 0 Å². The molecule has 0 fully saturated rings. The van der Waals surface area contributed by atoms with Crippen LogP contribution in [0, 0.1) is 17.5 Å². The minimum Gasteiger partial charge on any atom is -0.417 e. The number of carbonyl (C=O) groups excluding carboxylic acids is 1. The van der Waals surface area contributed by atoms with Crippen molar-refractivity contribution in [1.29, 1.82) is 0 Å². The van der Waals surface area contributed by atoms with Gasteiger partial charge in [-0.3, -0.25) is 0 Å². The molecule has 0 aliphatic heterocycles. The Morgan fingerprint density at radius 1 is 1.12 bits per heavy atom. The minimum absolute atomic E-state index is 0.671. The molecular weight excluding hydrogens is 268 g/mol. The average Bonchev–Trinajstić information content (AvgIpc) is 2.29. The first kappa shape index (κ1) is 12.9. The molecule has 1 aromatic rings. The quantitative estimate of drug-likeness (QED) is 0.270. The molecule has 0 saturated carbocycles. The van der Waals surface area contributed by atoms with Gasteiger partial charge in [0.25, 0.3) is 0 Å². The van der Waals surface area contributed by atoms with E-state index in [1.54, 1.807) is 0 Å². The zero-order chi connectivity index (χ0) is 12.5. The Labute approximate surface area is 98.2 Å². The Hall–Kier alpha value is -1.20. The van der Waals surface area contributed by atoms with Crippen molar-refractivity contribution in [3.8, 4) is 5.75 Å². The monoisotopic (exact) mass is 270 g/mol. The molecular formula is C9H3Cl2F3O2. The number of benzene rings is 1. The normalized spacial score (nSPS) is 10.1. The van der Waals surface area contributed by atoms with Gasteiger partial charge >= 0.3 is 5.97 Å². The van der Waals surface area contributed by atoms with E-state index in [0.29, 0.717) is 6.08 Å². The highest BCUT2D eigenvalue weighted by molar-refractivity contribution is 6.35. The second-order valence-electron chi connectivity index (χ2n) is 2.52. The number of halogens is 5. The summed E-state index contributed by atoms with van der Waals surface area (Å²) in [6, 6.07) is 0. The molecule has 0 radical (unpaired) electrons. The summed E-state index contributed by atoms with van der Waals surface area (Å²) in [5, 5.41) is -2.11. The summed E-state index contributed by atoms with van der Waals surface area (Å²) in [4.78, 5) is 10.7. The lowest BCUT2D eigenvalue weighted by molar-refractivity contribution is -0.129. The van der Waals surface area contributed by atoms with Crippen molar-refractivity contribution in [1.82, 2.24) is 0 Å². The number of carbonyl (C=O) groups is 1. The van der Waals surface area contributed by atoms with Gasteiger partial charge in [0.2, 0.25) is 5.75 Å². The van der Waals surface area contributed by atoms with Gasteiger partial charge in [-0.15, -0.1) is 0 Å². The Balaban J connectivity index is 3.39. The molecule has 0 saturated heterocycles. The minimum atomic E-state index is -1.55. The second kappa shape index (κ2) is 4.76. The van der Waals surface area contributed by atoms with Crippen LogP contribution >= 0.6 is 23.2 Å². The van der Waals surface area contributed by atoms with Crippen LogP contribution in [0.3, 0.4) is 0 Å². The molecule has 0 aromatic heterocycles. The predicted molar refractivity (Wildman–Crippen MR) is 52.2 cm³/mol. The van der Waals surface area contributed by atoms with Crippen molar-refractivity contribution in [2.24, 2.45) is 0 Å². The standard InChI is InChI=1S/C9H3Cl2F3O2/c1-2-3(15)16-9-7(13)4(10)6(12)5(11)8(9)14/h2H,1H2. The SMILES string of the molecule is C=CC(=O)Oc1c(F)c(Cl)c(F)c(Cl)c1F. The molecule has 2 nitrogen and oxygen atoms in total. The molecule has 0 amide bonds. The fraction of sp³-hybridized carbons (Fsp3) is 0. The van der Waals surface area contributed by atoms with E-state index in [1.165, 1.54) is 0 Å². The van der Waals surface area contributed by atoms with Gasteiger partial charge in [-0.05, 0) is 0 Å². The number of hydrogen-bond donors (Lipinski definition) is 0. The lowest BCUT2D eigenvalue weighted by Gasteiger charge is -2.08. The number of esters is 1. The zero-order valence-electron chi connectivity index (χ0n) is 7.49. The molecule has 86 valence electrons. The topological polar surface area (TPSA) is 26.3 Å². The van der Waals surface area contributed by atoms with Gasteiger partial charge in [0, 0.05) is 6.08 Å². The van der Waals surface area contributed by atoms with E-state index in [2.05, 4.69) is 11.3 Å². The van der Waals surface area contributed by atoms with Crippen LogP contribution in [0.25, 0.3) is 0 Å². The van der Waals surface area contributed by atoms with Crippen molar-refractivity contribution in [2.45, 2.75) is 0 Å². The largest absolute Gasteiger partial charge is 0.417 e. The van der Waals surface area contributed by atoms with Gasteiger partial charge in [-0.1, -0.05) is 29.8 Å². The summed E-state index contributed by atoms with van der Waals surface area (Å²) in [5.41, 5.74) is 0. The van der Waals surface area contributed by atoms with Crippen molar-refractivity contribution in [3.05, 3.63) is 40.2 Å². The summed E-state index contributed by atoms with van der Waals surface area (Å²) < 4.78 is 43.6. The van der Waals surface area contributed by atoms with Crippen molar-refractivity contribution < 1.29 is 22.7 Å². The lowest BCUT2D eigenvalue weighted by atomic mass is 10.3. The van der Waals surface area contributed by atoms with Gasteiger partial charge in [0.15, 0.2) is 17.5 Å². The first-order valence-electron chi connectivity index (χ1n) is 3.75. The fourth-order valence-corrected chi connectivity index (χ4v) is 1.23. The fourth-order valence-electron chi connectivity index (χ4n) is 0.817. The molecule has 16 heavy (non-hydrogen) atoms. The Morgan fingerprint density at radius 2 is 1.56 bits per heavy atom. The third kappa shape index (κ3) is 2.15. The van der Waals surface area contributed by atoms with Crippen LogP contribution in [-0.4, -0.2) is 5.97 Å². The highest BCUT2D eigenvalue weighted by Gasteiger charge is 2.25. The lowest BCUT2D eigenvalue weighted by Crippen LogP contribution is -2.08. The molecule has 0 aliphatic rings. The molecule has 0 unspecified atom stereocenters. The Bertz CT molecular complexity index is 445. The zero-order valence-corrected chi connectivity index (χ0v) is 9.00. The van der Waals surface area contributed by atoms with E-state index in [1.807, 2.05) is 0 Å².